The van der Waals surface area contributed by atoms with Crippen LogP contribution in [-0.2, 0) is 23.1 Å². The molecule has 0 amide bonds. The Bertz CT molecular complexity index is 826. The highest BCUT2D eigenvalue weighted by Gasteiger charge is 2.28. The Labute approximate surface area is 154 Å². The first-order valence-corrected chi connectivity index (χ1v) is 10.4. The van der Waals surface area contributed by atoms with Crippen LogP contribution < -0.4 is 4.90 Å². The first kappa shape index (κ1) is 18.7. The average molecular weight is 377 g/mol. The molecule has 1 fully saturated rings. The van der Waals surface area contributed by atoms with Crippen molar-refractivity contribution < 1.29 is 13.3 Å². The quantitative estimate of drug-likeness (QED) is 0.721. The molecule has 1 saturated heterocycles. The van der Waals surface area contributed by atoms with Gasteiger partial charge >= 0.3 is 0 Å². The summed E-state index contributed by atoms with van der Waals surface area (Å²) in [5.41, 5.74) is 0.878. The largest absolute Gasteiger partial charge is 0.326 e. The molecule has 2 heterocycles. The van der Waals surface area contributed by atoms with Gasteiger partial charge in [-0.1, -0.05) is 37.3 Å². The molecule has 1 aliphatic heterocycles. The third-order valence-corrected chi connectivity index (χ3v) is 6.04. The predicted molar refractivity (Wildman–Crippen MR) is 98.5 cm³/mol. The van der Waals surface area contributed by atoms with Gasteiger partial charge in [0.2, 0.25) is 15.8 Å². The van der Waals surface area contributed by atoms with E-state index in [0.717, 1.165) is 44.0 Å². The first-order valence-electron chi connectivity index (χ1n) is 8.90. The number of rotatable bonds is 7. The molecule has 0 unspecified atom stereocenters. The van der Waals surface area contributed by atoms with Crippen molar-refractivity contribution in [3.05, 3.63) is 47.1 Å². The van der Waals surface area contributed by atoms with Crippen LogP contribution in [0.4, 0.5) is 0 Å². The molecule has 3 rings (SSSR count). The summed E-state index contributed by atoms with van der Waals surface area (Å²) >= 11 is 0. The Balaban J connectivity index is 1.56. The molecule has 26 heavy (non-hydrogen) atoms. The molecular weight excluding hydrogens is 352 g/mol. The van der Waals surface area contributed by atoms with Crippen LogP contribution in [0.15, 0.2) is 35.7 Å². The minimum Gasteiger partial charge on any atom is -0.326 e. The Hall–Kier alpha value is -2.10. The van der Waals surface area contributed by atoms with Crippen molar-refractivity contribution in [1.29, 1.82) is 0 Å². The van der Waals surface area contributed by atoms with Crippen LogP contribution in [0.1, 0.15) is 24.7 Å². The summed E-state index contributed by atoms with van der Waals surface area (Å²) in [6.07, 6.45) is 2.63. The fourth-order valence-corrected chi connectivity index (χ4v) is 4.20. The highest BCUT2D eigenvalue weighted by molar-refractivity contribution is 7.92. The number of sulfonamides is 1. The van der Waals surface area contributed by atoms with Crippen LogP contribution in [0.3, 0.4) is 0 Å². The maximum Gasteiger partial charge on any atom is 0.236 e. The number of tetrazole rings is 1. The van der Waals surface area contributed by atoms with Crippen LogP contribution in [0.5, 0.6) is 0 Å². The molecule has 0 saturated carbocycles. The lowest BCUT2D eigenvalue weighted by Gasteiger charge is -2.30. The summed E-state index contributed by atoms with van der Waals surface area (Å²) in [7, 11) is -3.39. The molecular formula is C17H25N6O2S+. The van der Waals surface area contributed by atoms with E-state index in [0.29, 0.717) is 13.1 Å². The van der Waals surface area contributed by atoms with Crippen molar-refractivity contribution in [2.45, 2.75) is 26.4 Å². The topological polar surface area (TPSA) is 85.4 Å². The van der Waals surface area contributed by atoms with E-state index in [4.69, 9.17) is 0 Å². The van der Waals surface area contributed by atoms with Crippen LogP contribution in [0, 0.1) is 0 Å². The van der Waals surface area contributed by atoms with E-state index in [-0.39, 0.29) is 0 Å². The van der Waals surface area contributed by atoms with E-state index in [1.165, 1.54) is 10.3 Å². The summed E-state index contributed by atoms with van der Waals surface area (Å²) in [5, 5.41) is 13.2. The fraction of sp³-hybridized carbons (Fsp3) is 0.471. The highest BCUT2D eigenvalue weighted by Crippen LogP contribution is 2.08. The van der Waals surface area contributed by atoms with Gasteiger partial charge in [-0.25, -0.2) is 13.1 Å². The van der Waals surface area contributed by atoms with Gasteiger partial charge in [0.15, 0.2) is 0 Å². The van der Waals surface area contributed by atoms with Gasteiger partial charge in [0, 0.05) is 12.0 Å². The predicted octanol–water partition coefficient (Wildman–Crippen LogP) is -0.216. The molecule has 2 aromatic rings. The molecule has 140 valence electrons. The van der Waals surface area contributed by atoms with Crippen molar-refractivity contribution in [2.75, 3.05) is 26.2 Å². The van der Waals surface area contributed by atoms with E-state index in [1.807, 2.05) is 35.0 Å². The van der Waals surface area contributed by atoms with E-state index in [2.05, 4.69) is 22.4 Å². The van der Waals surface area contributed by atoms with Crippen molar-refractivity contribution in [2.24, 2.45) is 0 Å². The number of quaternary nitrogens is 1. The van der Waals surface area contributed by atoms with Gasteiger partial charge in [-0.15, -0.1) is 5.10 Å². The lowest BCUT2D eigenvalue weighted by atomic mass is 10.2. The number of benzene rings is 1. The van der Waals surface area contributed by atoms with Gasteiger partial charge < -0.3 is 4.90 Å². The standard InChI is InChI=1S/C17H24N6O2S/c1-2-9-23-17(18-19-20-23)15-21-10-12-22(13-11-21)26(24,25)14-8-16-6-4-3-5-7-16/h3-8,14H,2,9-13,15H2,1H3/p+1/b14-8+. The lowest BCUT2D eigenvalue weighted by molar-refractivity contribution is -0.918. The monoisotopic (exact) mass is 377 g/mol. The maximum atomic E-state index is 12.5. The van der Waals surface area contributed by atoms with Gasteiger partial charge in [0.05, 0.1) is 26.2 Å². The van der Waals surface area contributed by atoms with E-state index in [1.54, 1.807) is 10.4 Å². The van der Waals surface area contributed by atoms with E-state index >= 15 is 0 Å². The number of aryl methyl sites for hydroxylation is 1. The second kappa shape index (κ2) is 8.52. The van der Waals surface area contributed by atoms with Crippen molar-refractivity contribution in [3.63, 3.8) is 0 Å². The minimum atomic E-state index is -3.39. The third kappa shape index (κ3) is 4.75. The van der Waals surface area contributed by atoms with Gasteiger partial charge in [0.1, 0.15) is 6.54 Å². The second-order valence-electron chi connectivity index (χ2n) is 6.40. The normalized spacial score (nSPS) is 17.1. The first-order chi connectivity index (χ1) is 12.6. The second-order valence-corrected chi connectivity index (χ2v) is 8.22. The molecule has 0 bridgehead atoms. The number of nitrogens with zero attached hydrogens (tertiary/aromatic N) is 5. The summed E-state index contributed by atoms with van der Waals surface area (Å²) in [6.45, 7) is 6.12. The summed E-state index contributed by atoms with van der Waals surface area (Å²) < 4.78 is 28.4. The maximum absolute atomic E-state index is 12.5. The molecule has 8 nitrogen and oxygen atoms in total. The zero-order valence-corrected chi connectivity index (χ0v) is 15.8. The Morgan fingerprint density at radius 2 is 1.92 bits per heavy atom. The Morgan fingerprint density at radius 3 is 2.62 bits per heavy atom. The SMILES string of the molecule is CCCn1nnnc1C[NH+]1CCN(S(=O)(=O)/C=C/c2ccccc2)CC1. The molecule has 1 aromatic heterocycles. The Kier molecular flexibility index (Phi) is 6.12. The number of hydrogen-bond donors (Lipinski definition) is 1. The summed E-state index contributed by atoms with van der Waals surface area (Å²) in [6, 6.07) is 9.45. The van der Waals surface area contributed by atoms with E-state index in [9.17, 15) is 8.42 Å². The van der Waals surface area contributed by atoms with Gasteiger partial charge in [0.25, 0.3) is 0 Å². The molecule has 0 aliphatic carbocycles. The van der Waals surface area contributed by atoms with Crippen LogP contribution in [0.25, 0.3) is 6.08 Å². The highest BCUT2D eigenvalue weighted by atomic mass is 32.2. The summed E-state index contributed by atoms with van der Waals surface area (Å²) in [4.78, 5) is 1.30. The molecule has 9 heteroatoms. The van der Waals surface area contributed by atoms with Gasteiger partial charge in [-0.3, -0.25) is 0 Å². The van der Waals surface area contributed by atoms with E-state index < -0.39 is 10.0 Å². The fourth-order valence-electron chi connectivity index (χ4n) is 3.01. The van der Waals surface area contributed by atoms with Gasteiger partial charge in [-0.05, 0) is 28.5 Å². The van der Waals surface area contributed by atoms with Crippen molar-refractivity contribution in [1.82, 2.24) is 24.5 Å². The lowest BCUT2D eigenvalue weighted by Crippen LogP contribution is -3.13. The number of piperazine rings is 1. The van der Waals surface area contributed by atoms with Crippen molar-refractivity contribution in [3.8, 4) is 0 Å². The third-order valence-electron chi connectivity index (χ3n) is 4.47. The van der Waals surface area contributed by atoms with Gasteiger partial charge in [-0.2, -0.15) is 4.31 Å². The number of hydrogen-bond acceptors (Lipinski definition) is 5. The molecule has 0 radical (unpaired) electrons. The molecule has 0 atom stereocenters. The smallest absolute Gasteiger partial charge is 0.236 e. The van der Waals surface area contributed by atoms with Crippen molar-refractivity contribution >= 4 is 16.1 Å². The zero-order valence-electron chi connectivity index (χ0n) is 15.0. The number of nitrogens with one attached hydrogen (secondary N) is 1. The molecule has 1 aliphatic rings. The van der Waals surface area contributed by atoms with Crippen LogP contribution in [0.2, 0.25) is 0 Å². The summed E-state index contributed by atoms with van der Waals surface area (Å²) in [5.74, 6) is 0.863. The van der Waals surface area contributed by atoms with Crippen LogP contribution >= 0.6 is 0 Å². The molecule has 1 aromatic carbocycles. The molecule has 0 spiro atoms. The number of aromatic nitrogens is 4. The average Bonchev–Trinajstić information content (AvgIpc) is 3.09. The Morgan fingerprint density at radius 1 is 1.19 bits per heavy atom. The zero-order chi connectivity index (χ0) is 18.4. The van der Waals surface area contributed by atoms with Crippen LogP contribution in [-0.4, -0.2) is 59.1 Å². The molecule has 1 N–H and O–H groups in total. The minimum absolute atomic E-state index is 0.506.